The number of carbonyl (C=O) groups excluding carboxylic acids is 1. The maximum atomic E-state index is 15.8. The van der Waals surface area contributed by atoms with Gasteiger partial charge in [-0.15, -0.1) is 5.10 Å². The van der Waals surface area contributed by atoms with E-state index in [-0.39, 0.29) is 5.91 Å². The van der Waals surface area contributed by atoms with Crippen molar-refractivity contribution in [2.75, 3.05) is 7.05 Å². The van der Waals surface area contributed by atoms with E-state index in [0.717, 1.165) is 35.4 Å². The van der Waals surface area contributed by atoms with Gasteiger partial charge in [-0.2, -0.15) is 8.78 Å². The molecular formula is C23H18F4N6O2. The fourth-order valence-corrected chi connectivity index (χ4v) is 3.59. The maximum absolute atomic E-state index is 15.8. The SMILES string of the molecule is CNC(=O)c1ccc(-c2ccc(C(F)(F)C(O)(Cn3cnnn3)c3ccc(F)cc3F)nc2)cc1. The monoisotopic (exact) mass is 486 g/mol. The minimum Gasteiger partial charge on any atom is -0.377 e. The van der Waals surface area contributed by atoms with E-state index in [9.17, 15) is 18.7 Å². The Balaban J connectivity index is 1.72. The lowest BCUT2D eigenvalue weighted by Gasteiger charge is -2.35. The molecule has 2 aromatic carbocycles. The maximum Gasteiger partial charge on any atom is 0.323 e. The second-order valence-electron chi connectivity index (χ2n) is 7.65. The third kappa shape index (κ3) is 4.47. The fourth-order valence-electron chi connectivity index (χ4n) is 3.59. The van der Waals surface area contributed by atoms with Crippen LogP contribution in [0.3, 0.4) is 0 Å². The van der Waals surface area contributed by atoms with Crippen LogP contribution < -0.4 is 5.32 Å². The normalized spacial score (nSPS) is 13.3. The van der Waals surface area contributed by atoms with Crippen LogP contribution in [0.25, 0.3) is 11.1 Å². The lowest BCUT2D eigenvalue weighted by atomic mass is 9.84. The van der Waals surface area contributed by atoms with Crippen molar-refractivity contribution in [2.45, 2.75) is 18.1 Å². The number of hydrogen-bond acceptors (Lipinski definition) is 6. The summed E-state index contributed by atoms with van der Waals surface area (Å²) < 4.78 is 60.4. The summed E-state index contributed by atoms with van der Waals surface area (Å²) in [6, 6.07) is 10.6. The Morgan fingerprint density at radius 1 is 1.06 bits per heavy atom. The van der Waals surface area contributed by atoms with Gasteiger partial charge in [0.25, 0.3) is 5.91 Å². The molecule has 0 aliphatic carbocycles. The van der Waals surface area contributed by atoms with Gasteiger partial charge < -0.3 is 10.4 Å². The number of nitrogens with one attached hydrogen (secondary N) is 1. The molecule has 1 atom stereocenters. The van der Waals surface area contributed by atoms with Crippen molar-refractivity contribution in [1.82, 2.24) is 30.5 Å². The number of aromatic nitrogens is 5. The zero-order valence-electron chi connectivity index (χ0n) is 18.2. The zero-order valence-corrected chi connectivity index (χ0v) is 18.2. The highest BCUT2D eigenvalue weighted by molar-refractivity contribution is 5.94. The number of nitrogens with zero attached hydrogens (tertiary/aromatic N) is 5. The van der Waals surface area contributed by atoms with Crippen molar-refractivity contribution < 1.29 is 27.5 Å². The highest BCUT2D eigenvalue weighted by Gasteiger charge is 2.58. The molecule has 0 aliphatic heterocycles. The molecule has 2 aromatic heterocycles. The average molecular weight is 486 g/mol. The van der Waals surface area contributed by atoms with E-state index in [1.807, 2.05) is 0 Å². The van der Waals surface area contributed by atoms with Crippen LogP contribution in [0, 0.1) is 11.6 Å². The lowest BCUT2D eigenvalue weighted by molar-refractivity contribution is -0.207. The highest BCUT2D eigenvalue weighted by atomic mass is 19.3. The van der Waals surface area contributed by atoms with Gasteiger partial charge >= 0.3 is 5.92 Å². The molecule has 0 spiro atoms. The van der Waals surface area contributed by atoms with Gasteiger partial charge in [0, 0.05) is 36.0 Å². The number of carbonyl (C=O) groups is 1. The van der Waals surface area contributed by atoms with E-state index in [1.54, 1.807) is 24.3 Å². The van der Waals surface area contributed by atoms with Crippen molar-refractivity contribution in [1.29, 1.82) is 0 Å². The number of amides is 1. The highest BCUT2D eigenvalue weighted by Crippen LogP contribution is 2.46. The molecule has 0 saturated carbocycles. The van der Waals surface area contributed by atoms with E-state index in [4.69, 9.17) is 0 Å². The van der Waals surface area contributed by atoms with Crippen LogP contribution in [0.5, 0.6) is 0 Å². The van der Waals surface area contributed by atoms with Gasteiger partial charge in [-0.1, -0.05) is 18.2 Å². The Labute approximate surface area is 196 Å². The van der Waals surface area contributed by atoms with Crippen LogP contribution in [0.2, 0.25) is 0 Å². The summed E-state index contributed by atoms with van der Waals surface area (Å²) in [4.78, 5) is 15.5. The minimum absolute atomic E-state index is 0.278. The quantitative estimate of drug-likeness (QED) is 0.389. The van der Waals surface area contributed by atoms with Crippen LogP contribution in [0.4, 0.5) is 17.6 Å². The number of aliphatic hydroxyl groups is 1. The first-order valence-corrected chi connectivity index (χ1v) is 10.2. The van der Waals surface area contributed by atoms with Crippen LogP contribution in [-0.4, -0.2) is 43.3 Å². The van der Waals surface area contributed by atoms with Gasteiger partial charge in [-0.25, -0.2) is 13.5 Å². The Hall–Kier alpha value is -4.19. The molecule has 0 fully saturated rings. The molecule has 4 rings (SSSR count). The van der Waals surface area contributed by atoms with E-state index >= 15 is 8.78 Å². The number of rotatable bonds is 7. The van der Waals surface area contributed by atoms with E-state index in [2.05, 4.69) is 25.8 Å². The standard InChI is InChI=1S/C23H18F4N6O2/c1-28-21(34)15-4-2-14(3-5-15)16-6-9-20(29-11-16)23(26,27)22(35,12-33-13-30-31-32-33)18-8-7-17(24)10-19(18)25/h2-11,13,35H,12H2,1H3,(H,28,34). The van der Waals surface area contributed by atoms with Crippen molar-refractivity contribution in [3.63, 3.8) is 0 Å². The molecule has 0 radical (unpaired) electrons. The number of hydrogen-bond donors (Lipinski definition) is 2. The molecule has 12 heteroatoms. The van der Waals surface area contributed by atoms with Gasteiger partial charge in [0.05, 0.1) is 6.54 Å². The Morgan fingerprint density at radius 2 is 1.77 bits per heavy atom. The first-order valence-electron chi connectivity index (χ1n) is 10.2. The fraction of sp³-hybridized carbons (Fsp3) is 0.174. The summed E-state index contributed by atoms with van der Waals surface area (Å²) in [5, 5.41) is 23.8. The molecule has 0 saturated heterocycles. The van der Waals surface area contributed by atoms with Gasteiger partial charge in [-0.05, 0) is 46.3 Å². The molecule has 0 aliphatic rings. The predicted octanol–water partition coefficient (Wildman–Crippen LogP) is 3.05. The third-order valence-electron chi connectivity index (χ3n) is 5.47. The number of benzene rings is 2. The first kappa shape index (κ1) is 24.0. The van der Waals surface area contributed by atoms with E-state index in [0.29, 0.717) is 22.8 Å². The second-order valence-corrected chi connectivity index (χ2v) is 7.65. The molecule has 180 valence electrons. The molecule has 8 nitrogen and oxygen atoms in total. The number of tetrazole rings is 1. The summed E-state index contributed by atoms with van der Waals surface area (Å²) >= 11 is 0. The van der Waals surface area contributed by atoms with Gasteiger partial charge in [-0.3, -0.25) is 9.78 Å². The van der Waals surface area contributed by atoms with Crippen LogP contribution >= 0.6 is 0 Å². The van der Waals surface area contributed by atoms with Crippen LogP contribution in [0.1, 0.15) is 21.6 Å². The van der Waals surface area contributed by atoms with E-state index < -0.39 is 41.0 Å². The van der Waals surface area contributed by atoms with E-state index in [1.165, 1.54) is 13.1 Å². The Morgan fingerprint density at radius 3 is 2.34 bits per heavy atom. The number of halogens is 4. The Kier molecular flexibility index (Phi) is 6.31. The van der Waals surface area contributed by atoms with Crippen LogP contribution in [0.15, 0.2) is 67.1 Å². The lowest BCUT2D eigenvalue weighted by Crippen LogP contribution is -2.48. The summed E-state index contributed by atoms with van der Waals surface area (Å²) in [5.74, 6) is -6.80. The Bertz CT molecular complexity index is 1330. The molecule has 35 heavy (non-hydrogen) atoms. The summed E-state index contributed by atoms with van der Waals surface area (Å²) in [7, 11) is 1.50. The van der Waals surface area contributed by atoms with Gasteiger partial charge in [0.1, 0.15) is 23.7 Å². The molecule has 2 N–H and O–H groups in total. The predicted molar refractivity (Wildman–Crippen MR) is 115 cm³/mol. The molecule has 2 heterocycles. The minimum atomic E-state index is -4.15. The van der Waals surface area contributed by atoms with Crippen LogP contribution in [-0.2, 0) is 18.1 Å². The first-order chi connectivity index (χ1) is 16.7. The smallest absolute Gasteiger partial charge is 0.323 e. The van der Waals surface area contributed by atoms with Gasteiger partial charge in [0.15, 0.2) is 5.60 Å². The molecular weight excluding hydrogens is 468 g/mol. The summed E-state index contributed by atoms with van der Waals surface area (Å²) in [5.41, 5.74) is -3.44. The molecule has 0 bridgehead atoms. The van der Waals surface area contributed by atoms with Gasteiger partial charge in [0.2, 0.25) is 0 Å². The average Bonchev–Trinajstić information content (AvgIpc) is 3.36. The molecule has 4 aromatic rings. The number of pyridine rings is 1. The summed E-state index contributed by atoms with van der Waals surface area (Å²) in [6.45, 7) is -0.945. The molecule has 1 unspecified atom stereocenters. The third-order valence-corrected chi connectivity index (χ3v) is 5.47. The van der Waals surface area contributed by atoms with Crippen molar-refractivity contribution >= 4 is 5.91 Å². The van der Waals surface area contributed by atoms with Crippen molar-refractivity contribution in [3.8, 4) is 11.1 Å². The van der Waals surface area contributed by atoms with Crippen molar-refractivity contribution in [3.05, 3.63) is 95.6 Å². The summed E-state index contributed by atoms with van der Waals surface area (Å²) in [6.07, 6.45) is 2.14. The topological polar surface area (TPSA) is 106 Å². The largest absolute Gasteiger partial charge is 0.377 e. The number of alkyl halides is 2. The van der Waals surface area contributed by atoms with Crippen molar-refractivity contribution in [2.24, 2.45) is 0 Å². The second kappa shape index (κ2) is 9.22. The molecule has 1 amide bonds. The zero-order chi connectivity index (χ0) is 25.2.